The smallest absolute Gasteiger partial charge is 0.291 e. The highest BCUT2D eigenvalue weighted by atomic mass is 16.3. The molecule has 1 aromatic carbocycles. The molecule has 1 unspecified atom stereocenters. The van der Waals surface area contributed by atoms with Gasteiger partial charge in [-0.1, -0.05) is 0 Å². The van der Waals surface area contributed by atoms with E-state index in [1.54, 1.807) is 37.3 Å². The van der Waals surface area contributed by atoms with Crippen LogP contribution in [0.2, 0.25) is 0 Å². The Morgan fingerprint density at radius 1 is 1.27 bits per heavy atom. The Kier molecular flexibility index (Phi) is 4.95. The van der Waals surface area contributed by atoms with Gasteiger partial charge in [0, 0.05) is 23.8 Å². The number of carbonyl (C=O) groups is 2. The van der Waals surface area contributed by atoms with Crippen LogP contribution in [0.4, 0.5) is 11.4 Å². The lowest BCUT2D eigenvalue weighted by Gasteiger charge is -2.11. The second kappa shape index (κ2) is 6.91. The van der Waals surface area contributed by atoms with Crippen LogP contribution >= 0.6 is 0 Å². The van der Waals surface area contributed by atoms with Crippen molar-refractivity contribution in [3.63, 3.8) is 0 Å². The third kappa shape index (κ3) is 4.20. The van der Waals surface area contributed by atoms with E-state index in [4.69, 9.17) is 10.2 Å². The third-order valence-corrected chi connectivity index (χ3v) is 3.01. The fraction of sp³-hybridized carbons (Fsp3) is 0.250. The van der Waals surface area contributed by atoms with Gasteiger partial charge in [0.1, 0.15) is 0 Å². The normalized spacial score (nSPS) is 11.8. The maximum Gasteiger partial charge on any atom is 0.291 e. The minimum atomic E-state index is -0.318. The lowest BCUT2D eigenvalue weighted by molar-refractivity contribution is -0.116. The van der Waals surface area contributed by atoms with Crippen LogP contribution in [-0.2, 0) is 4.79 Å². The molecule has 1 aromatic heterocycles. The van der Waals surface area contributed by atoms with Gasteiger partial charge >= 0.3 is 0 Å². The van der Waals surface area contributed by atoms with Gasteiger partial charge in [-0.2, -0.15) is 0 Å². The van der Waals surface area contributed by atoms with Gasteiger partial charge < -0.3 is 20.8 Å². The molecule has 0 spiro atoms. The summed E-state index contributed by atoms with van der Waals surface area (Å²) in [5, 5.41) is 5.53. The number of nitrogens with one attached hydrogen (secondary N) is 2. The molecule has 4 N–H and O–H groups in total. The van der Waals surface area contributed by atoms with Crippen molar-refractivity contribution in [2.24, 2.45) is 5.73 Å². The molecule has 0 bridgehead atoms. The molecule has 0 saturated heterocycles. The van der Waals surface area contributed by atoms with Crippen molar-refractivity contribution in [3.05, 3.63) is 47.9 Å². The number of hydrogen-bond donors (Lipinski definition) is 3. The van der Waals surface area contributed by atoms with Gasteiger partial charge in [-0.05, 0) is 49.7 Å². The zero-order chi connectivity index (χ0) is 16.1. The van der Waals surface area contributed by atoms with Crippen molar-refractivity contribution < 1.29 is 14.0 Å². The molecular weight excluding hydrogens is 282 g/mol. The van der Waals surface area contributed by atoms with E-state index in [0.29, 0.717) is 11.4 Å². The Labute approximate surface area is 128 Å². The van der Waals surface area contributed by atoms with Gasteiger partial charge in [-0.15, -0.1) is 0 Å². The zero-order valence-corrected chi connectivity index (χ0v) is 12.6. The molecule has 0 radical (unpaired) electrons. The van der Waals surface area contributed by atoms with Crippen LogP contribution in [-0.4, -0.2) is 17.9 Å². The predicted octanol–water partition coefficient (Wildman–Crippen LogP) is 2.52. The molecule has 1 atom stereocenters. The monoisotopic (exact) mass is 301 g/mol. The minimum Gasteiger partial charge on any atom is -0.459 e. The van der Waals surface area contributed by atoms with Crippen LogP contribution in [0.15, 0.2) is 41.0 Å². The van der Waals surface area contributed by atoms with Crippen LogP contribution < -0.4 is 16.4 Å². The van der Waals surface area contributed by atoms with Gasteiger partial charge in [0.2, 0.25) is 5.91 Å². The van der Waals surface area contributed by atoms with Crippen molar-refractivity contribution >= 4 is 23.2 Å². The Bertz CT molecular complexity index is 663. The molecule has 0 fully saturated rings. The Balaban J connectivity index is 2.03. The fourth-order valence-corrected chi connectivity index (χ4v) is 1.98. The predicted molar refractivity (Wildman–Crippen MR) is 84.7 cm³/mol. The van der Waals surface area contributed by atoms with E-state index in [0.717, 1.165) is 5.56 Å². The van der Waals surface area contributed by atoms with Crippen LogP contribution in [0, 0.1) is 6.92 Å². The quantitative estimate of drug-likeness (QED) is 0.790. The van der Waals surface area contributed by atoms with Crippen molar-refractivity contribution in [3.8, 4) is 0 Å². The first-order valence-corrected chi connectivity index (χ1v) is 6.96. The number of benzene rings is 1. The van der Waals surface area contributed by atoms with Gasteiger partial charge in [0.25, 0.3) is 5.91 Å². The van der Waals surface area contributed by atoms with Crippen LogP contribution in [0.25, 0.3) is 0 Å². The summed E-state index contributed by atoms with van der Waals surface area (Å²) in [5.41, 5.74) is 7.74. The summed E-state index contributed by atoms with van der Waals surface area (Å²) in [5.74, 6) is -0.211. The molecule has 6 nitrogen and oxygen atoms in total. The second-order valence-corrected chi connectivity index (χ2v) is 5.19. The molecule has 116 valence electrons. The molecule has 22 heavy (non-hydrogen) atoms. The maximum atomic E-state index is 11.9. The second-order valence-electron chi connectivity index (χ2n) is 5.19. The highest BCUT2D eigenvalue weighted by Gasteiger charge is 2.11. The molecule has 2 aromatic rings. The number of amides is 2. The molecule has 0 saturated carbocycles. The Hall–Kier alpha value is -2.60. The van der Waals surface area contributed by atoms with E-state index in [9.17, 15) is 9.59 Å². The standard InChI is InChI=1S/C16H19N3O3/c1-10-8-12(18-15(20)9-11(2)17)5-6-13(10)19-16(21)14-4-3-7-22-14/h3-8,11H,9,17H2,1-2H3,(H,18,20)(H,19,21). The summed E-state index contributed by atoms with van der Waals surface area (Å²) in [6.45, 7) is 3.62. The Morgan fingerprint density at radius 2 is 2.05 bits per heavy atom. The van der Waals surface area contributed by atoms with Crippen molar-refractivity contribution in [1.29, 1.82) is 0 Å². The molecule has 0 aliphatic carbocycles. The summed E-state index contributed by atoms with van der Waals surface area (Å²) in [6, 6.07) is 8.30. The van der Waals surface area contributed by atoms with E-state index >= 15 is 0 Å². The maximum absolute atomic E-state index is 11.9. The number of anilines is 2. The SMILES string of the molecule is Cc1cc(NC(=O)CC(C)N)ccc1NC(=O)c1ccco1. The third-order valence-electron chi connectivity index (χ3n) is 3.01. The summed E-state index contributed by atoms with van der Waals surface area (Å²) in [7, 11) is 0. The molecule has 0 aliphatic rings. The summed E-state index contributed by atoms with van der Waals surface area (Å²) < 4.78 is 5.04. The van der Waals surface area contributed by atoms with E-state index < -0.39 is 0 Å². The number of hydrogen-bond acceptors (Lipinski definition) is 4. The van der Waals surface area contributed by atoms with Gasteiger partial charge in [0.15, 0.2) is 5.76 Å². The highest BCUT2D eigenvalue weighted by Crippen LogP contribution is 2.20. The molecule has 6 heteroatoms. The minimum absolute atomic E-state index is 0.137. The van der Waals surface area contributed by atoms with Crippen molar-refractivity contribution in [2.45, 2.75) is 26.3 Å². The lowest BCUT2D eigenvalue weighted by Crippen LogP contribution is -2.24. The summed E-state index contributed by atoms with van der Waals surface area (Å²) in [6.07, 6.45) is 1.70. The molecule has 2 rings (SSSR count). The van der Waals surface area contributed by atoms with Crippen LogP contribution in [0.5, 0.6) is 0 Å². The zero-order valence-electron chi connectivity index (χ0n) is 12.6. The number of carbonyl (C=O) groups excluding carboxylic acids is 2. The highest BCUT2D eigenvalue weighted by molar-refractivity contribution is 6.02. The van der Waals surface area contributed by atoms with E-state index in [2.05, 4.69) is 10.6 Å². The van der Waals surface area contributed by atoms with E-state index in [-0.39, 0.29) is 30.0 Å². The van der Waals surface area contributed by atoms with Gasteiger partial charge in [0.05, 0.1) is 6.26 Å². The molecule has 0 aliphatic heterocycles. The van der Waals surface area contributed by atoms with Crippen LogP contribution in [0.3, 0.4) is 0 Å². The molecule has 2 amide bonds. The first kappa shape index (κ1) is 15.8. The lowest BCUT2D eigenvalue weighted by atomic mass is 10.1. The molecular formula is C16H19N3O3. The summed E-state index contributed by atoms with van der Waals surface area (Å²) >= 11 is 0. The van der Waals surface area contributed by atoms with Gasteiger partial charge in [-0.3, -0.25) is 9.59 Å². The average molecular weight is 301 g/mol. The molecule has 1 heterocycles. The van der Waals surface area contributed by atoms with Crippen molar-refractivity contribution in [1.82, 2.24) is 0 Å². The average Bonchev–Trinajstić information content (AvgIpc) is 2.94. The first-order valence-electron chi connectivity index (χ1n) is 6.96. The van der Waals surface area contributed by atoms with E-state index in [1.807, 2.05) is 6.92 Å². The number of rotatable bonds is 5. The topological polar surface area (TPSA) is 97.4 Å². The Morgan fingerprint density at radius 3 is 2.64 bits per heavy atom. The van der Waals surface area contributed by atoms with Crippen molar-refractivity contribution in [2.75, 3.05) is 10.6 Å². The van der Waals surface area contributed by atoms with Gasteiger partial charge in [-0.25, -0.2) is 0 Å². The summed E-state index contributed by atoms with van der Waals surface area (Å²) in [4.78, 5) is 23.6. The van der Waals surface area contributed by atoms with Crippen LogP contribution in [0.1, 0.15) is 29.5 Å². The fourth-order valence-electron chi connectivity index (χ4n) is 1.98. The first-order chi connectivity index (χ1) is 10.5. The number of furan rings is 1. The number of aryl methyl sites for hydroxylation is 1. The number of nitrogens with two attached hydrogens (primary N) is 1. The van der Waals surface area contributed by atoms with E-state index in [1.165, 1.54) is 6.26 Å². The largest absolute Gasteiger partial charge is 0.459 e.